The van der Waals surface area contributed by atoms with E-state index in [0.29, 0.717) is 0 Å². The van der Waals surface area contributed by atoms with Gasteiger partial charge in [0.15, 0.2) is 0 Å². The summed E-state index contributed by atoms with van der Waals surface area (Å²) in [6.45, 7) is 7.66. The highest BCUT2D eigenvalue weighted by Gasteiger charge is 2.11. The molecule has 0 aliphatic rings. The zero-order valence-corrected chi connectivity index (χ0v) is 15.3. The predicted molar refractivity (Wildman–Crippen MR) is 96.8 cm³/mol. The van der Waals surface area contributed by atoms with Crippen LogP contribution in [0.1, 0.15) is 49.7 Å². The van der Waals surface area contributed by atoms with Crippen LogP contribution >= 0.6 is 0 Å². The third-order valence-electron chi connectivity index (χ3n) is 4.07. The molecule has 0 saturated heterocycles. The molecule has 2 heteroatoms. The monoisotopic (exact) mass is 306 g/mol. The van der Waals surface area contributed by atoms with Gasteiger partial charge in [0.05, 0.1) is 0 Å². The van der Waals surface area contributed by atoms with Gasteiger partial charge in [0, 0.05) is 14.7 Å². The standard InChI is InChI=1S/C19H34OSi/c1-21(2,3)17-9-7-5-4-6-8-10-18-11-13-19(14-12-18)15-16-20/h11-14,20H,4-10,15-17H2,1-3H3. The Kier molecular flexibility index (Phi) is 8.94. The Labute approximate surface area is 132 Å². The fourth-order valence-corrected chi connectivity index (χ4v) is 4.00. The van der Waals surface area contributed by atoms with Gasteiger partial charge >= 0.3 is 0 Å². The maximum atomic E-state index is 8.90. The van der Waals surface area contributed by atoms with Crippen molar-refractivity contribution in [1.82, 2.24) is 0 Å². The molecule has 0 fully saturated rings. The summed E-state index contributed by atoms with van der Waals surface area (Å²) in [4.78, 5) is 0. The van der Waals surface area contributed by atoms with Crippen LogP contribution in [0, 0.1) is 0 Å². The highest BCUT2D eigenvalue weighted by atomic mass is 28.3. The molecule has 120 valence electrons. The SMILES string of the molecule is C[Si](C)(C)CCCCCCCCc1ccc(CCO)cc1. The van der Waals surface area contributed by atoms with Crippen LogP contribution in [0.5, 0.6) is 0 Å². The summed E-state index contributed by atoms with van der Waals surface area (Å²) < 4.78 is 0. The Morgan fingerprint density at radius 3 is 1.71 bits per heavy atom. The van der Waals surface area contributed by atoms with E-state index in [1.54, 1.807) is 0 Å². The van der Waals surface area contributed by atoms with Crippen molar-refractivity contribution < 1.29 is 5.11 Å². The number of hydrogen-bond donors (Lipinski definition) is 1. The molecule has 0 saturated carbocycles. The second-order valence-corrected chi connectivity index (χ2v) is 13.1. The molecule has 1 nitrogen and oxygen atoms in total. The maximum Gasteiger partial charge on any atom is 0.0471 e. The molecule has 1 rings (SSSR count). The lowest BCUT2D eigenvalue weighted by atomic mass is 10.0. The number of hydrogen-bond acceptors (Lipinski definition) is 1. The number of aliphatic hydroxyl groups excluding tert-OH is 1. The molecule has 1 aromatic carbocycles. The molecule has 0 atom stereocenters. The van der Waals surface area contributed by atoms with Gasteiger partial charge in [0.1, 0.15) is 0 Å². The van der Waals surface area contributed by atoms with Crippen LogP contribution in [0.15, 0.2) is 24.3 Å². The van der Waals surface area contributed by atoms with Crippen LogP contribution < -0.4 is 0 Å². The summed E-state index contributed by atoms with van der Waals surface area (Å²) in [5.41, 5.74) is 2.68. The highest BCUT2D eigenvalue weighted by molar-refractivity contribution is 6.76. The molecule has 0 unspecified atom stereocenters. The largest absolute Gasteiger partial charge is 0.396 e. The van der Waals surface area contributed by atoms with Crippen molar-refractivity contribution in [2.45, 2.75) is 77.1 Å². The number of aliphatic hydroxyl groups is 1. The van der Waals surface area contributed by atoms with Gasteiger partial charge in [-0.1, -0.05) is 82.1 Å². The zero-order valence-electron chi connectivity index (χ0n) is 14.3. The van der Waals surface area contributed by atoms with Crippen LogP contribution in [-0.2, 0) is 12.8 Å². The fourth-order valence-electron chi connectivity index (χ4n) is 2.69. The summed E-state index contributed by atoms with van der Waals surface area (Å²) in [6, 6.07) is 10.2. The van der Waals surface area contributed by atoms with Crippen molar-refractivity contribution in [2.75, 3.05) is 6.61 Å². The molecule has 0 aliphatic heterocycles. The fraction of sp³-hybridized carbons (Fsp3) is 0.684. The molecular formula is C19H34OSi. The minimum atomic E-state index is -0.803. The van der Waals surface area contributed by atoms with Crippen LogP contribution in [0.4, 0.5) is 0 Å². The Morgan fingerprint density at radius 2 is 1.19 bits per heavy atom. The first-order valence-electron chi connectivity index (χ1n) is 8.70. The van der Waals surface area contributed by atoms with Crippen molar-refractivity contribution in [2.24, 2.45) is 0 Å². The van der Waals surface area contributed by atoms with Gasteiger partial charge < -0.3 is 5.11 Å². The van der Waals surface area contributed by atoms with Gasteiger partial charge in [-0.2, -0.15) is 0 Å². The van der Waals surface area contributed by atoms with Gasteiger partial charge in [-0.15, -0.1) is 0 Å². The number of benzene rings is 1. The smallest absolute Gasteiger partial charge is 0.0471 e. The number of unbranched alkanes of at least 4 members (excludes halogenated alkanes) is 5. The van der Waals surface area contributed by atoms with Gasteiger partial charge in [0.2, 0.25) is 0 Å². The minimum Gasteiger partial charge on any atom is -0.396 e. The quantitative estimate of drug-likeness (QED) is 0.426. The van der Waals surface area contributed by atoms with E-state index < -0.39 is 8.07 Å². The summed E-state index contributed by atoms with van der Waals surface area (Å²) in [5, 5.41) is 8.90. The Morgan fingerprint density at radius 1 is 0.714 bits per heavy atom. The highest BCUT2D eigenvalue weighted by Crippen LogP contribution is 2.16. The van der Waals surface area contributed by atoms with Crippen molar-refractivity contribution in [3.63, 3.8) is 0 Å². The molecule has 0 aromatic heterocycles. The Bertz CT molecular complexity index is 364. The molecule has 0 radical (unpaired) electrons. The van der Waals surface area contributed by atoms with E-state index in [4.69, 9.17) is 5.11 Å². The van der Waals surface area contributed by atoms with Crippen molar-refractivity contribution in [1.29, 1.82) is 0 Å². The molecule has 21 heavy (non-hydrogen) atoms. The topological polar surface area (TPSA) is 20.2 Å². The van der Waals surface area contributed by atoms with E-state index in [0.717, 1.165) is 6.42 Å². The average Bonchev–Trinajstić information content (AvgIpc) is 2.43. The Balaban J connectivity index is 2.01. The maximum absolute atomic E-state index is 8.90. The molecule has 0 spiro atoms. The predicted octanol–water partition coefficient (Wildman–Crippen LogP) is 5.44. The van der Waals surface area contributed by atoms with Crippen LogP contribution in [0.3, 0.4) is 0 Å². The molecule has 0 bridgehead atoms. The van der Waals surface area contributed by atoms with Gasteiger partial charge in [-0.25, -0.2) is 0 Å². The molecule has 1 N–H and O–H groups in total. The Hall–Kier alpha value is -0.603. The van der Waals surface area contributed by atoms with Crippen LogP contribution in [0.2, 0.25) is 25.7 Å². The third kappa shape index (κ3) is 9.86. The third-order valence-corrected chi connectivity index (χ3v) is 5.92. The number of aryl methyl sites for hydroxylation is 1. The molecule has 0 amide bonds. The van der Waals surface area contributed by atoms with Crippen molar-refractivity contribution in [3.8, 4) is 0 Å². The minimum absolute atomic E-state index is 0.247. The summed E-state index contributed by atoms with van der Waals surface area (Å²) in [6.07, 6.45) is 10.3. The summed E-state index contributed by atoms with van der Waals surface area (Å²) >= 11 is 0. The van der Waals surface area contributed by atoms with Crippen LogP contribution in [0.25, 0.3) is 0 Å². The average molecular weight is 307 g/mol. The second-order valence-electron chi connectivity index (χ2n) is 7.47. The first kappa shape index (κ1) is 18.4. The second kappa shape index (κ2) is 10.2. The van der Waals surface area contributed by atoms with E-state index in [1.165, 1.54) is 62.1 Å². The zero-order chi connectivity index (χ0) is 15.6. The molecule has 1 aromatic rings. The molecule has 0 heterocycles. The summed E-state index contributed by atoms with van der Waals surface area (Å²) in [5.74, 6) is 0. The van der Waals surface area contributed by atoms with Crippen LogP contribution in [-0.4, -0.2) is 19.8 Å². The first-order valence-corrected chi connectivity index (χ1v) is 12.4. The summed E-state index contributed by atoms with van der Waals surface area (Å²) in [7, 11) is -0.803. The van der Waals surface area contributed by atoms with Gasteiger partial charge in [-0.05, 0) is 30.4 Å². The van der Waals surface area contributed by atoms with Crippen molar-refractivity contribution in [3.05, 3.63) is 35.4 Å². The molecule has 0 aliphatic carbocycles. The van der Waals surface area contributed by atoms with E-state index in [9.17, 15) is 0 Å². The van der Waals surface area contributed by atoms with Crippen molar-refractivity contribution >= 4 is 8.07 Å². The van der Waals surface area contributed by atoms with E-state index >= 15 is 0 Å². The lowest BCUT2D eigenvalue weighted by Gasteiger charge is -2.14. The lowest BCUT2D eigenvalue weighted by molar-refractivity contribution is 0.299. The lowest BCUT2D eigenvalue weighted by Crippen LogP contribution is -2.18. The normalized spacial score (nSPS) is 11.8. The number of rotatable bonds is 11. The molecular weight excluding hydrogens is 272 g/mol. The van der Waals surface area contributed by atoms with E-state index in [1.807, 2.05) is 0 Å². The van der Waals surface area contributed by atoms with Gasteiger partial charge in [0.25, 0.3) is 0 Å². The first-order chi connectivity index (χ1) is 10.0. The van der Waals surface area contributed by atoms with E-state index in [-0.39, 0.29) is 6.61 Å². The van der Waals surface area contributed by atoms with E-state index in [2.05, 4.69) is 43.9 Å². The van der Waals surface area contributed by atoms with Gasteiger partial charge in [-0.3, -0.25) is 0 Å².